The molecule has 0 unspecified atom stereocenters. The highest BCUT2D eigenvalue weighted by molar-refractivity contribution is 5.65. The summed E-state index contributed by atoms with van der Waals surface area (Å²) in [5, 5.41) is 14.7. The average molecular weight is 334 g/mol. The van der Waals surface area contributed by atoms with Gasteiger partial charge in [-0.1, -0.05) is 56.3 Å². The molecule has 1 N–H and O–H groups in total. The summed E-state index contributed by atoms with van der Waals surface area (Å²) in [6.07, 6.45) is 5.63. The minimum Gasteiger partial charge on any atom is -0.377 e. The van der Waals surface area contributed by atoms with Crippen LogP contribution in [0.1, 0.15) is 54.8 Å². The Kier molecular flexibility index (Phi) is 3.83. The van der Waals surface area contributed by atoms with Gasteiger partial charge in [-0.15, -0.1) is 0 Å². The summed E-state index contributed by atoms with van der Waals surface area (Å²) in [5.74, 6) is 1.31. The Morgan fingerprint density at radius 2 is 1.92 bits per heavy atom. The van der Waals surface area contributed by atoms with Gasteiger partial charge < -0.3 is 5.32 Å². The molecule has 1 heterocycles. The Bertz CT molecular complexity index is 839. The van der Waals surface area contributed by atoms with E-state index < -0.39 is 0 Å². The van der Waals surface area contributed by atoms with E-state index in [1.807, 2.05) is 12.1 Å². The Morgan fingerprint density at radius 1 is 1.16 bits per heavy atom. The van der Waals surface area contributed by atoms with E-state index in [1.54, 1.807) is 12.1 Å². The molecule has 0 amide bonds. The predicted octanol–water partition coefficient (Wildman–Crippen LogP) is 5.54. The molecule has 1 aliphatic carbocycles. The number of benzene rings is 2. The van der Waals surface area contributed by atoms with Crippen molar-refractivity contribution in [3.8, 4) is 0 Å². The number of fused-ring (bicyclic) bond motifs is 3. The Labute approximate surface area is 147 Å². The molecule has 2 aromatic rings. The van der Waals surface area contributed by atoms with Gasteiger partial charge >= 0.3 is 0 Å². The molecule has 0 saturated carbocycles. The first-order valence-electron chi connectivity index (χ1n) is 8.86. The first kappa shape index (κ1) is 15.9. The van der Waals surface area contributed by atoms with Gasteiger partial charge in [0.05, 0.1) is 11.0 Å². The van der Waals surface area contributed by atoms with E-state index in [4.69, 9.17) is 0 Å². The zero-order valence-electron chi connectivity index (χ0n) is 14.5. The van der Waals surface area contributed by atoms with E-state index in [9.17, 15) is 10.1 Å². The van der Waals surface area contributed by atoms with Gasteiger partial charge in [0.2, 0.25) is 0 Å². The summed E-state index contributed by atoms with van der Waals surface area (Å²) in [7, 11) is 0. The third kappa shape index (κ3) is 2.62. The molecule has 0 saturated heterocycles. The van der Waals surface area contributed by atoms with Crippen LogP contribution < -0.4 is 5.32 Å². The van der Waals surface area contributed by atoms with Crippen molar-refractivity contribution in [3.05, 3.63) is 81.4 Å². The third-order valence-electron chi connectivity index (χ3n) is 5.51. The van der Waals surface area contributed by atoms with Crippen LogP contribution in [0.25, 0.3) is 0 Å². The zero-order chi connectivity index (χ0) is 17.6. The number of nitro groups is 1. The Balaban J connectivity index is 1.77. The van der Waals surface area contributed by atoms with Crippen molar-refractivity contribution in [1.82, 2.24) is 0 Å². The highest BCUT2D eigenvalue weighted by Gasteiger charge is 2.38. The van der Waals surface area contributed by atoms with E-state index in [2.05, 4.69) is 49.5 Å². The van der Waals surface area contributed by atoms with Gasteiger partial charge in [-0.25, -0.2) is 0 Å². The summed E-state index contributed by atoms with van der Waals surface area (Å²) in [6.45, 7) is 4.43. The van der Waals surface area contributed by atoms with Crippen LogP contribution >= 0.6 is 0 Å². The monoisotopic (exact) mass is 334 g/mol. The van der Waals surface area contributed by atoms with Crippen molar-refractivity contribution >= 4 is 11.4 Å². The molecular weight excluding hydrogens is 312 g/mol. The fraction of sp³-hybridized carbons (Fsp3) is 0.333. The maximum atomic E-state index is 10.9. The molecule has 2 aliphatic rings. The Hall–Kier alpha value is -2.62. The second kappa shape index (κ2) is 6.03. The standard InChI is InChI=1S/C21H22N2O2/c1-13(2)16-5-3-8-19-17-6-4-7-18(17)20(22-21(16)19)14-9-11-15(12-10-14)23(24)25/h3-6,8-13,17-18,20,22H,7H2,1-2H3/t17-,18+,20+/m0/s1. The number of nitrogens with zero attached hydrogens (tertiary/aromatic N) is 1. The number of non-ortho nitro benzene ring substituents is 1. The molecule has 0 radical (unpaired) electrons. The molecule has 4 rings (SSSR count). The molecule has 0 spiro atoms. The lowest BCUT2D eigenvalue weighted by Gasteiger charge is -2.39. The van der Waals surface area contributed by atoms with E-state index in [1.165, 1.54) is 16.8 Å². The van der Waals surface area contributed by atoms with Crippen LogP contribution in [0.3, 0.4) is 0 Å². The number of hydrogen-bond acceptors (Lipinski definition) is 3. The number of nitrogens with one attached hydrogen (secondary N) is 1. The van der Waals surface area contributed by atoms with Crippen molar-refractivity contribution in [2.75, 3.05) is 5.32 Å². The largest absolute Gasteiger partial charge is 0.377 e. The van der Waals surface area contributed by atoms with Gasteiger partial charge in [0.15, 0.2) is 0 Å². The fourth-order valence-corrected chi connectivity index (χ4v) is 4.26. The molecule has 0 aromatic heterocycles. The number of allylic oxidation sites excluding steroid dienone is 2. The SMILES string of the molecule is CC(C)c1cccc2c1N[C@H](c1ccc([N+](=O)[O-])cc1)[C@@H]1CC=C[C@H]21. The second-order valence-corrected chi connectivity index (χ2v) is 7.29. The average Bonchev–Trinajstić information content (AvgIpc) is 3.10. The molecule has 1 aliphatic heterocycles. The van der Waals surface area contributed by atoms with E-state index >= 15 is 0 Å². The minimum atomic E-state index is -0.343. The molecule has 4 nitrogen and oxygen atoms in total. The topological polar surface area (TPSA) is 55.2 Å². The lowest BCUT2D eigenvalue weighted by atomic mass is 9.75. The van der Waals surface area contributed by atoms with Gasteiger partial charge in [-0.05, 0) is 34.9 Å². The van der Waals surface area contributed by atoms with E-state index in [-0.39, 0.29) is 16.7 Å². The molecule has 2 aromatic carbocycles. The lowest BCUT2D eigenvalue weighted by molar-refractivity contribution is -0.384. The fourth-order valence-electron chi connectivity index (χ4n) is 4.26. The van der Waals surface area contributed by atoms with Gasteiger partial charge in [0.25, 0.3) is 5.69 Å². The number of nitro benzene ring substituents is 1. The Morgan fingerprint density at radius 3 is 2.60 bits per heavy atom. The van der Waals surface area contributed by atoms with Crippen LogP contribution in [0.15, 0.2) is 54.6 Å². The highest BCUT2D eigenvalue weighted by atomic mass is 16.6. The van der Waals surface area contributed by atoms with Crippen LogP contribution in [0.4, 0.5) is 11.4 Å². The van der Waals surface area contributed by atoms with Crippen LogP contribution in [-0.4, -0.2) is 4.92 Å². The molecule has 0 fully saturated rings. The predicted molar refractivity (Wildman–Crippen MR) is 100.0 cm³/mol. The van der Waals surface area contributed by atoms with Crippen molar-refractivity contribution in [3.63, 3.8) is 0 Å². The number of anilines is 1. The van der Waals surface area contributed by atoms with E-state index in [0.717, 1.165) is 12.0 Å². The highest BCUT2D eigenvalue weighted by Crippen LogP contribution is 2.51. The minimum absolute atomic E-state index is 0.143. The lowest BCUT2D eigenvalue weighted by Crippen LogP contribution is -2.29. The maximum Gasteiger partial charge on any atom is 0.269 e. The molecule has 0 bridgehead atoms. The van der Waals surface area contributed by atoms with Crippen molar-refractivity contribution in [2.24, 2.45) is 5.92 Å². The first-order chi connectivity index (χ1) is 12.1. The summed E-state index contributed by atoms with van der Waals surface area (Å²) < 4.78 is 0. The van der Waals surface area contributed by atoms with Gasteiger partial charge in [0.1, 0.15) is 0 Å². The number of para-hydroxylation sites is 1. The van der Waals surface area contributed by atoms with Crippen LogP contribution in [0, 0.1) is 16.0 Å². The molecule has 4 heteroatoms. The van der Waals surface area contributed by atoms with Crippen LogP contribution in [0.2, 0.25) is 0 Å². The van der Waals surface area contributed by atoms with Crippen molar-refractivity contribution in [2.45, 2.75) is 38.1 Å². The summed E-state index contributed by atoms with van der Waals surface area (Å²) in [4.78, 5) is 10.6. The maximum absolute atomic E-state index is 10.9. The number of rotatable bonds is 3. The first-order valence-corrected chi connectivity index (χ1v) is 8.86. The zero-order valence-corrected chi connectivity index (χ0v) is 14.5. The summed E-state index contributed by atoms with van der Waals surface area (Å²) in [5.41, 5.74) is 5.22. The van der Waals surface area contributed by atoms with Crippen LogP contribution in [-0.2, 0) is 0 Å². The molecule has 128 valence electrons. The summed E-state index contributed by atoms with van der Waals surface area (Å²) >= 11 is 0. The molecule has 25 heavy (non-hydrogen) atoms. The van der Waals surface area contributed by atoms with Gasteiger partial charge in [0, 0.05) is 23.7 Å². The normalized spacial score (nSPS) is 23.9. The van der Waals surface area contributed by atoms with Crippen molar-refractivity contribution < 1.29 is 4.92 Å². The van der Waals surface area contributed by atoms with Gasteiger partial charge in [-0.3, -0.25) is 10.1 Å². The third-order valence-corrected chi connectivity index (χ3v) is 5.51. The van der Waals surface area contributed by atoms with Crippen LogP contribution in [0.5, 0.6) is 0 Å². The van der Waals surface area contributed by atoms with Gasteiger partial charge in [-0.2, -0.15) is 0 Å². The molecule has 3 atom stereocenters. The molecular formula is C21H22N2O2. The van der Waals surface area contributed by atoms with Crippen molar-refractivity contribution in [1.29, 1.82) is 0 Å². The number of hydrogen-bond donors (Lipinski definition) is 1. The van der Waals surface area contributed by atoms with E-state index in [0.29, 0.717) is 17.8 Å². The quantitative estimate of drug-likeness (QED) is 0.455. The summed E-state index contributed by atoms with van der Waals surface area (Å²) in [6, 6.07) is 13.8. The second-order valence-electron chi connectivity index (χ2n) is 7.29. The smallest absolute Gasteiger partial charge is 0.269 e.